The number of benzene rings is 1. The molecule has 1 aromatic carbocycles. The molecule has 0 saturated heterocycles. The molecule has 0 fully saturated rings. The average molecular weight is 519 g/mol. The number of aromatic carboxylic acids is 3. The summed E-state index contributed by atoms with van der Waals surface area (Å²) in [7, 11) is 0. The van der Waals surface area contributed by atoms with Gasteiger partial charge >= 0.3 is 17.9 Å². The summed E-state index contributed by atoms with van der Waals surface area (Å²) in [6.45, 7) is 0. The predicted octanol–water partition coefficient (Wildman–Crippen LogP) is 0.781. The molecule has 1 rings (SSSR count). The summed E-state index contributed by atoms with van der Waals surface area (Å²) in [6, 6.07) is 2.70. The van der Waals surface area contributed by atoms with Gasteiger partial charge in [-0.2, -0.15) is 0 Å². The van der Waals surface area contributed by atoms with Crippen molar-refractivity contribution >= 4 is 17.9 Å². The van der Waals surface area contributed by atoms with Crippen LogP contribution in [0.3, 0.4) is 0 Å². The van der Waals surface area contributed by atoms with Crippen LogP contribution in [0.2, 0.25) is 0 Å². The number of carboxylic acids is 3. The topological polar surface area (TPSA) is 112 Å². The molecule has 0 atom stereocenters. The first-order valence-electron chi connectivity index (χ1n) is 3.77. The van der Waals surface area contributed by atoms with E-state index in [1.807, 2.05) is 0 Å². The first-order valence-corrected chi connectivity index (χ1v) is 3.77. The molecule has 0 saturated carbocycles. The Kier molecular flexibility index (Phi) is 10.1. The number of carbonyl (C=O) groups is 3. The van der Waals surface area contributed by atoms with Gasteiger partial charge in [-0.1, -0.05) is 0 Å². The van der Waals surface area contributed by atoms with Crippen molar-refractivity contribution in [1.82, 2.24) is 0 Å². The molecule has 0 heterocycles. The summed E-state index contributed by atoms with van der Waals surface area (Å²) in [5, 5.41) is 25.8. The Bertz CT molecular complexity index is 380. The number of hydrogen-bond acceptors (Lipinski definition) is 3. The normalized spacial score (nSPS) is 8.47. The second-order valence-corrected chi connectivity index (χ2v) is 2.71. The van der Waals surface area contributed by atoms with Crippen LogP contribution in [0, 0.1) is 89.3 Å². The zero-order valence-corrected chi connectivity index (χ0v) is 12.7. The van der Waals surface area contributed by atoms with E-state index < -0.39 is 17.9 Å². The Morgan fingerprint density at radius 2 is 0.882 bits per heavy atom. The molecule has 93 valence electrons. The van der Waals surface area contributed by atoms with E-state index in [1.165, 1.54) is 0 Å². The van der Waals surface area contributed by atoms with E-state index in [9.17, 15) is 14.4 Å². The molecule has 0 amide bonds. The Morgan fingerprint density at radius 1 is 0.706 bits per heavy atom. The zero-order chi connectivity index (χ0) is 11.6. The van der Waals surface area contributed by atoms with E-state index in [4.69, 9.17) is 15.3 Å². The average Bonchev–Trinajstić information content (AvgIpc) is 2.16. The second kappa shape index (κ2) is 8.61. The molecular formula is C9H6EuGdO6. The summed E-state index contributed by atoms with van der Waals surface area (Å²) >= 11 is 0. The van der Waals surface area contributed by atoms with Crippen LogP contribution < -0.4 is 0 Å². The Morgan fingerprint density at radius 3 is 1.00 bits per heavy atom. The fourth-order valence-electron chi connectivity index (χ4n) is 0.998. The fourth-order valence-corrected chi connectivity index (χ4v) is 0.998. The summed E-state index contributed by atoms with van der Waals surface area (Å²) in [6.07, 6.45) is 0. The number of carboxylic acid groups (broad SMARTS) is 3. The smallest absolute Gasteiger partial charge is 0.335 e. The van der Waals surface area contributed by atoms with Crippen LogP contribution in [0.4, 0.5) is 0 Å². The van der Waals surface area contributed by atoms with Gasteiger partial charge < -0.3 is 15.3 Å². The Labute approximate surface area is 169 Å². The summed E-state index contributed by atoms with van der Waals surface area (Å²) in [5.41, 5.74) is -1.10. The summed E-state index contributed by atoms with van der Waals surface area (Å²) in [4.78, 5) is 31.7. The Balaban J connectivity index is 0. The molecular weight excluding hydrogens is 513 g/mol. The third kappa shape index (κ3) is 5.81. The van der Waals surface area contributed by atoms with Gasteiger partial charge in [-0.05, 0) is 18.2 Å². The van der Waals surface area contributed by atoms with Gasteiger partial charge in [0.15, 0.2) is 0 Å². The van der Waals surface area contributed by atoms with E-state index in [1.54, 1.807) is 0 Å². The van der Waals surface area contributed by atoms with Crippen LogP contribution in [-0.2, 0) is 0 Å². The van der Waals surface area contributed by atoms with Gasteiger partial charge in [-0.15, -0.1) is 0 Å². The van der Waals surface area contributed by atoms with Gasteiger partial charge in [-0.3, -0.25) is 0 Å². The number of hydrogen-bond donors (Lipinski definition) is 3. The standard InChI is InChI=1S/C9H6O6.Eu.Gd/c10-7(11)4-1-5(8(12)13)3-6(2-4)9(14)15;;/h1-3H,(H,10,11)(H,12,13)(H,14,15);;. The van der Waals surface area contributed by atoms with Crippen molar-refractivity contribution in [3.05, 3.63) is 34.9 Å². The first kappa shape index (κ1) is 19.9. The molecule has 17 heavy (non-hydrogen) atoms. The van der Waals surface area contributed by atoms with Gasteiger partial charge in [0.25, 0.3) is 0 Å². The Hall–Kier alpha value is 0.539. The molecule has 6 nitrogen and oxygen atoms in total. The fraction of sp³-hybridized carbons (Fsp3) is 0. The van der Waals surface area contributed by atoms with Crippen molar-refractivity contribution in [3.63, 3.8) is 0 Å². The van der Waals surface area contributed by atoms with E-state index in [-0.39, 0.29) is 106 Å². The third-order valence-corrected chi connectivity index (χ3v) is 1.67. The predicted molar refractivity (Wildman–Crippen MR) is 47.3 cm³/mol. The molecule has 0 bridgehead atoms. The van der Waals surface area contributed by atoms with Crippen LogP contribution in [0.5, 0.6) is 0 Å². The van der Waals surface area contributed by atoms with E-state index in [0.717, 1.165) is 18.2 Å². The molecule has 1 radical (unpaired) electrons. The largest absolute Gasteiger partial charge is 0.478 e. The first-order chi connectivity index (χ1) is 6.91. The van der Waals surface area contributed by atoms with E-state index in [0.29, 0.717) is 0 Å². The zero-order valence-electron chi connectivity index (χ0n) is 8.03. The van der Waals surface area contributed by atoms with Crippen molar-refractivity contribution in [1.29, 1.82) is 0 Å². The quantitative estimate of drug-likeness (QED) is 0.545. The van der Waals surface area contributed by atoms with Gasteiger partial charge in [0.1, 0.15) is 0 Å². The van der Waals surface area contributed by atoms with Gasteiger partial charge in [0.05, 0.1) is 16.7 Å². The molecule has 0 aliphatic carbocycles. The maximum Gasteiger partial charge on any atom is 0.335 e. The molecule has 8 heteroatoms. The SMILES string of the molecule is O=C(O)c1cc(C(=O)O)cc(C(=O)O)c1.[Eu].[Gd]. The maximum atomic E-state index is 10.6. The molecule has 0 aliphatic rings. The number of rotatable bonds is 3. The second-order valence-electron chi connectivity index (χ2n) is 2.71. The van der Waals surface area contributed by atoms with Crippen molar-refractivity contribution in [3.8, 4) is 0 Å². The minimum absolute atomic E-state index is 0. The van der Waals surface area contributed by atoms with Crippen LogP contribution in [0.1, 0.15) is 31.1 Å². The maximum absolute atomic E-state index is 10.6. The van der Waals surface area contributed by atoms with Crippen molar-refractivity contribution < 1.29 is 119 Å². The summed E-state index contributed by atoms with van der Waals surface area (Å²) < 4.78 is 0. The van der Waals surface area contributed by atoms with Crippen molar-refractivity contribution in [2.24, 2.45) is 0 Å². The van der Waals surface area contributed by atoms with Crippen LogP contribution in [0.15, 0.2) is 18.2 Å². The van der Waals surface area contributed by atoms with Crippen LogP contribution in [-0.4, -0.2) is 33.2 Å². The van der Waals surface area contributed by atoms with E-state index in [2.05, 4.69) is 0 Å². The molecule has 3 N–H and O–H groups in total. The monoisotopic (exact) mass is 521 g/mol. The molecule has 0 aromatic heterocycles. The van der Waals surface area contributed by atoms with Gasteiger partial charge in [0.2, 0.25) is 0 Å². The summed E-state index contributed by atoms with van der Waals surface area (Å²) in [5.74, 6) is -4.12. The van der Waals surface area contributed by atoms with Gasteiger partial charge in [0, 0.05) is 89.3 Å². The third-order valence-electron chi connectivity index (χ3n) is 1.67. The van der Waals surface area contributed by atoms with E-state index >= 15 is 0 Å². The molecule has 0 aliphatic heterocycles. The minimum atomic E-state index is -1.37. The molecule has 0 spiro atoms. The van der Waals surface area contributed by atoms with Gasteiger partial charge in [-0.25, -0.2) is 14.4 Å². The van der Waals surface area contributed by atoms with Crippen molar-refractivity contribution in [2.75, 3.05) is 0 Å². The minimum Gasteiger partial charge on any atom is -0.478 e. The molecule has 0 unspecified atom stereocenters. The van der Waals surface area contributed by atoms with Crippen LogP contribution in [0.25, 0.3) is 0 Å². The molecule has 1 aromatic rings. The van der Waals surface area contributed by atoms with Crippen LogP contribution >= 0.6 is 0 Å². The van der Waals surface area contributed by atoms with Crippen molar-refractivity contribution in [2.45, 2.75) is 0 Å².